The van der Waals surface area contributed by atoms with E-state index in [1.54, 1.807) is 10.6 Å². The van der Waals surface area contributed by atoms with Crippen LogP contribution in [0.15, 0.2) is 23.4 Å². The van der Waals surface area contributed by atoms with Gasteiger partial charge in [-0.2, -0.15) is 4.98 Å². The van der Waals surface area contributed by atoms with E-state index in [0.29, 0.717) is 21.6 Å². The SMILES string of the molecule is Cc1ccc(NC(=O)CSc2nc3nc(C)c(C)c(C)n3n2)c(Cl)c1. The van der Waals surface area contributed by atoms with Gasteiger partial charge in [0.15, 0.2) is 0 Å². The average molecular weight is 376 g/mol. The summed E-state index contributed by atoms with van der Waals surface area (Å²) >= 11 is 7.40. The lowest BCUT2D eigenvalue weighted by atomic mass is 10.2. The lowest BCUT2D eigenvalue weighted by Gasteiger charge is -2.07. The molecule has 0 radical (unpaired) electrons. The third kappa shape index (κ3) is 3.77. The third-order valence-corrected chi connectivity index (χ3v) is 5.12. The van der Waals surface area contributed by atoms with Crippen molar-refractivity contribution in [2.75, 3.05) is 11.1 Å². The highest BCUT2D eigenvalue weighted by atomic mass is 35.5. The zero-order valence-electron chi connectivity index (χ0n) is 14.4. The van der Waals surface area contributed by atoms with Gasteiger partial charge in [0, 0.05) is 11.4 Å². The number of thioether (sulfide) groups is 1. The second kappa shape index (κ2) is 7.01. The molecule has 2 aromatic heterocycles. The van der Waals surface area contributed by atoms with Crippen molar-refractivity contribution in [1.29, 1.82) is 0 Å². The minimum Gasteiger partial charge on any atom is -0.324 e. The van der Waals surface area contributed by atoms with Crippen LogP contribution >= 0.6 is 23.4 Å². The van der Waals surface area contributed by atoms with Crippen LogP contribution in [0, 0.1) is 27.7 Å². The third-order valence-electron chi connectivity index (χ3n) is 3.97. The van der Waals surface area contributed by atoms with Gasteiger partial charge in [-0.05, 0) is 51.0 Å². The Morgan fingerprint density at radius 1 is 1.24 bits per heavy atom. The predicted octanol–water partition coefficient (Wildman–Crippen LogP) is 3.74. The second-order valence-corrected chi connectivity index (χ2v) is 7.18. The molecule has 0 fully saturated rings. The minimum atomic E-state index is -0.161. The molecule has 0 aliphatic carbocycles. The molecule has 0 saturated heterocycles. The average Bonchev–Trinajstić information content (AvgIpc) is 2.96. The fourth-order valence-corrected chi connectivity index (χ4v) is 3.24. The first-order chi connectivity index (χ1) is 11.8. The van der Waals surface area contributed by atoms with Crippen LogP contribution in [0.1, 0.15) is 22.5 Å². The Bertz CT molecular complexity index is 969. The summed E-state index contributed by atoms with van der Waals surface area (Å²) in [7, 11) is 0. The molecule has 0 spiro atoms. The van der Waals surface area contributed by atoms with Gasteiger partial charge in [-0.3, -0.25) is 4.79 Å². The number of nitrogens with zero attached hydrogens (tertiary/aromatic N) is 4. The highest BCUT2D eigenvalue weighted by molar-refractivity contribution is 7.99. The topological polar surface area (TPSA) is 72.2 Å². The summed E-state index contributed by atoms with van der Waals surface area (Å²) in [5, 5.41) is 8.27. The quantitative estimate of drug-likeness (QED) is 0.703. The zero-order valence-corrected chi connectivity index (χ0v) is 16.0. The summed E-state index contributed by atoms with van der Waals surface area (Å²) in [5.41, 5.74) is 4.66. The number of carbonyl (C=O) groups is 1. The van der Waals surface area contributed by atoms with E-state index >= 15 is 0 Å². The van der Waals surface area contributed by atoms with E-state index in [-0.39, 0.29) is 11.7 Å². The van der Waals surface area contributed by atoms with Gasteiger partial charge in [-0.25, -0.2) is 9.50 Å². The Labute approximate surface area is 155 Å². The van der Waals surface area contributed by atoms with Gasteiger partial charge in [-0.15, -0.1) is 5.10 Å². The van der Waals surface area contributed by atoms with Crippen molar-refractivity contribution in [2.45, 2.75) is 32.9 Å². The van der Waals surface area contributed by atoms with Crippen molar-refractivity contribution in [1.82, 2.24) is 19.6 Å². The molecule has 1 aromatic carbocycles. The Morgan fingerprint density at radius 2 is 2.00 bits per heavy atom. The monoisotopic (exact) mass is 375 g/mol. The molecule has 1 N–H and O–H groups in total. The minimum absolute atomic E-state index is 0.161. The molecule has 0 bridgehead atoms. The maximum Gasteiger partial charge on any atom is 0.253 e. The summed E-state index contributed by atoms with van der Waals surface area (Å²) in [5.74, 6) is 0.578. The van der Waals surface area contributed by atoms with E-state index in [2.05, 4.69) is 20.4 Å². The maximum absolute atomic E-state index is 12.1. The Morgan fingerprint density at radius 3 is 2.72 bits per heavy atom. The van der Waals surface area contributed by atoms with Crippen LogP contribution in [0.25, 0.3) is 5.78 Å². The van der Waals surface area contributed by atoms with Crippen LogP contribution in [-0.4, -0.2) is 31.2 Å². The molecule has 3 rings (SSSR count). The van der Waals surface area contributed by atoms with Gasteiger partial charge in [0.1, 0.15) is 0 Å². The zero-order chi connectivity index (χ0) is 18.1. The second-order valence-electron chi connectivity index (χ2n) is 5.83. The largest absolute Gasteiger partial charge is 0.324 e. The Kier molecular flexibility index (Phi) is 4.96. The number of aromatic nitrogens is 4. The van der Waals surface area contributed by atoms with Crippen molar-refractivity contribution < 1.29 is 4.79 Å². The number of halogens is 1. The van der Waals surface area contributed by atoms with E-state index in [4.69, 9.17) is 11.6 Å². The Balaban J connectivity index is 1.70. The molecule has 0 aliphatic heterocycles. The maximum atomic E-state index is 12.1. The molecule has 0 unspecified atom stereocenters. The van der Waals surface area contributed by atoms with Gasteiger partial charge >= 0.3 is 0 Å². The van der Waals surface area contributed by atoms with Gasteiger partial charge in [0.05, 0.1) is 16.5 Å². The van der Waals surface area contributed by atoms with Crippen LogP contribution < -0.4 is 5.32 Å². The van der Waals surface area contributed by atoms with Crippen molar-refractivity contribution in [2.24, 2.45) is 0 Å². The van der Waals surface area contributed by atoms with Crippen molar-refractivity contribution in [3.8, 4) is 0 Å². The number of aryl methyl sites for hydroxylation is 3. The molecule has 8 heteroatoms. The highest BCUT2D eigenvalue weighted by Gasteiger charge is 2.13. The fraction of sp³-hybridized carbons (Fsp3) is 0.294. The van der Waals surface area contributed by atoms with Crippen molar-refractivity contribution in [3.05, 3.63) is 45.7 Å². The van der Waals surface area contributed by atoms with E-state index in [0.717, 1.165) is 22.5 Å². The molecule has 130 valence electrons. The standard InChI is InChI=1S/C17H18ClN5OS/c1-9-5-6-14(13(18)7-9)20-15(24)8-25-17-21-16-19-11(3)10(2)12(4)23(16)22-17/h5-7H,8H2,1-4H3,(H,20,24). The number of nitrogens with one attached hydrogen (secondary N) is 1. The van der Waals surface area contributed by atoms with Crippen LogP contribution in [0.3, 0.4) is 0 Å². The van der Waals surface area contributed by atoms with Crippen LogP contribution in [-0.2, 0) is 4.79 Å². The summed E-state index contributed by atoms with van der Waals surface area (Å²) in [6.07, 6.45) is 0. The number of hydrogen-bond acceptors (Lipinski definition) is 5. The molecule has 3 aromatic rings. The van der Waals surface area contributed by atoms with Crippen molar-refractivity contribution in [3.63, 3.8) is 0 Å². The van der Waals surface area contributed by atoms with Crippen LogP contribution in [0.5, 0.6) is 0 Å². The van der Waals surface area contributed by atoms with Gasteiger partial charge < -0.3 is 5.32 Å². The summed E-state index contributed by atoms with van der Waals surface area (Å²) in [6.45, 7) is 7.88. The molecule has 0 atom stereocenters. The smallest absolute Gasteiger partial charge is 0.253 e. The fourth-order valence-electron chi connectivity index (χ4n) is 2.34. The summed E-state index contributed by atoms with van der Waals surface area (Å²) in [4.78, 5) is 21.0. The lowest BCUT2D eigenvalue weighted by Crippen LogP contribution is -2.14. The number of carbonyl (C=O) groups excluding carboxylic acids is 1. The number of benzene rings is 1. The number of fused-ring (bicyclic) bond motifs is 1. The normalized spacial score (nSPS) is 11.1. The van der Waals surface area contributed by atoms with E-state index in [1.807, 2.05) is 39.8 Å². The Hall–Kier alpha value is -2.12. The summed E-state index contributed by atoms with van der Waals surface area (Å²) in [6, 6.07) is 5.51. The first-order valence-electron chi connectivity index (χ1n) is 7.74. The van der Waals surface area contributed by atoms with Crippen LogP contribution in [0.2, 0.25) is 5.02 Å². The van der Waals surface area contributed by atoms with Crippen LogP contribution in [0.4, 0.5) is 5.69 Å². The molecule has 0 saturated carbocycles. The number of amides is 1. The van der Waals surface area contributed by atoms with Gasteiger partial charge in [0.25, 0.3) is 5.78 Å². The first-order valence-corrected chi connectivity index (χ1v) is 9.11. The first kappa shape index (κ1) is 17.7. The number of anilines is 1. The molecule has 1 amide bonds. The molecule has 0 aliphatic rings. The van der Waals surface area contributed by atoms with E-state index in [9.17, 15) is 4.79 Å². The van der Waals surface area contributed by atoms with Crippen molar-refractivity contribution >= 4 is 40.7 Å². The molecular formula is C17H18ClN5OS. The van der Waals surface area contributed by atoms with Gasteiger partial charge in [0.2, 0.25) is 11.1 Å². The molecule has 2 heterocycles. The highest BCUT2D eigenvalue weighted by Crippen LogP contribution is 2.23. The number of rotatable bonds is 4. The number of hydrogen-bond donors (Lipinski definition) is 1. The van der Waals surface area contributed by atoms with E-state index < -0.39 is 0 Å². The van der Waals surface area contributed by atoms with E-state index in [1.165, 1.54) is 11.8 Å². The lowest BCUT2D eigenvalue weighted by molar-refractivity contribution is -0.113. The predicted molar refractivity (Wildman–Crippen MR) is 101 cm³/mol. The van der Waals surface area contributed by atoms with Gasteiger partial charge in [-0.1, -0.05) is 29.4 Å². The summed E-state index contributed by atoms with van der Waals surface area (Å²) < 4.78 is 1.71. The molecule has 25 heavy (non-hydrogen) atoms. The molecule has 6 nitrogen and oxygen atoms in total. The molecular weight excluding hydrogens is 358 g/mol.